The average Bonchev–Trinajstić information content (AvgIpc) is 2.53. The van der Waals surface area contributed by atoms with Gasteiger partial charge < -0.3 is 4.74 Å². The van der Waals surface area contributed by atoms with Crippen LogP contribution in [0.25, 0.3) is 0 Å². The van der Waals surface area contributed by atoms with Crippen LogP contribution in [0, 0.1) is 23.7 Å². The summed E-state index contributed by atoms with van der Waals surface area (Å²) in [6, 6.07) is 0. The van der Waals surface area contributed by atoms with Gasteiger partial charge in [-0.05, 0) is 43.1 Å². The second-order valence-electron chi connectivity index (χ2n) is 6.72. The highest BCUT2D eigenvalue weighted by Gasteiger charge is 2.39. The Morgan fingerprint density at radius 3 is 2.91 bits per heavy atom. The first-order chi connectivity index (χ1) is 10.6. The maximum Gasteiger partial charge on any atom is 0.308 e. The summed E-state index contributed by atoms with van der Waals surface area (Å²) in [5.74, 6) is 1.22. The van der Waals surface area contributed by atoms with Crippen LogP contribution in [-0.4, -0.2) is 12.1 Å². The summed E-state index contributed by atoms with van der Waals surface area (Å²) < 4.78 is 5.92. The molecule has 0 aliphatic heterocycles. The van der Waals surface area contributed by atoms with Crippen LogP contribution in [-0.2, 0) is 9.53 Å². The zero-order valence-corrected chi connectivity index (χ0v) is 14.4. The van der Waals surface area contributed by atoms with Crippen molar-refractivity contribution in [2.75, 3.05) is 0 Å². The third-order valence-electron chi connectivity index (χ3n) is 5.11. The van der Waals surface area contributed by atoms with Gasteiger partial charge in [0.25, 0.3) is 0 Å². The summed E-state index contributed by atoms with van der Waals surface area (Å²) in [5.41, 5.74) is 1.36. The van der Waals surface area contributed by atoms with Crippen molar-refractivity contribution in [1.82, 2.24) is 0 Å². The first-order valence-electron chi connectivity index (χ1n) is 8.83. The normalized spacial score (nSPS) is 32.5. The van der Waals surface area contributed by atoms with Crippen molar-refractivity contribution in [2.24, 2.45) is 23.7 Å². The van der Waals surface area contributed by atoms with Gasteiger partial charge in [0.2, 0.25) is 0 Å². The monoisotopic (exact) mass is 302 g/mol. The number of allylic oxidation sites excluding steroid dienone is 5. The number of hydrogen-bond acceptors (Lipinski definition) is 2. The van der Waals surface area contributed by atoms with Crippen molar-refractivity contribution in [3.05, 3.63) is 36.0 Å². The number of rotatable bonds is 5. The molecule has 122 valence electrons. The van der Waals surface area contributed by atoms with Gasteiger partial charge in [0.1, 0.15) is 6.10 Å². The zero-order valence-electron chi connectivity index (χ0n) is 14.4. The molecule has 0 N–H and O–H groups in total. The fourth-order valence-corrected chi connectivity index (χ4v) is 3.46. The molecule has 2 aliphatic rings. The van der Waals surface area contributed by atoms with Crippen LogP contribution >= 0.6 is 0 Å². The number of esters is 1. The van der Waals surface area contributed by atoms with E-state index in [0.717, 1.165) is 25.7 Å². The van der Waals surface area contributed by atoms with Crippen molar-refractivity contribution < 1.29 is 9.53 Å². The van der Waals surface area contributed by atoms with Gasteiger partial charge in [0.15, 0.2) is 0 Å². The van der Waals surface area contributed by atoms with Crippen molar-refractivity contribution >= 4 is 5.97 Å². The molecule has 0 spiro atoms. The van der Waals surface area contributed by atoms with Crippen LogP contribution < -0.4 is 0 Å². The molecule has 0 saturated heterocycles. The summed E-state index contributed by atoms with van der Waals surface area (Å²) >= 11 is 0. The quantitative estimate of drug-likeness (QED) is 0.523. The Hall–Kier alpha value is -1.31. The van der Waals surface area contributed by atoms with E-state index in [2.05, 4.69) is 44.2 Å². The molecule has 2 heteroatoms. The molecule has 0 radical (unpaired) electrons. The summed E-state index contributed by atoms with van der Waals surface area (Å²) in [4.78, 5) is 12.2. The Balaban J connectivity index is 2.21. The smallest absolute Gasteiger partial charge is 0.308 e. The minimum atomic E-state index is -0.0332. The molecule has 0 fully saturated rings. The van der Waals surface area contributed by atoms with Gasteiger partial charge in [0, 0.05) is 5.92 Å². The van der Waals surface area contributed by atoms with Gasteiger partial charge in [0.05, 0.1) is 5.92 Å². The maximum absolute atomic E-state index is 12.2. The molecule has 0 bridgehead atoms. The standard InChI is InChI=1S/C20H30O2/c1-5-7-10-17-15(4)12-13-16-9-8-11-18(19(16)17)22-20(21)14(3)6-2/h7,9-10,12-15,17-19H,5-6,8,11H2,1-4H3/b10-7+/t14-,15-,17-,18-,19-/m0/s1. The van der Waals surface area contributed by atoms with E-state index >= 15 is 0 Å². The Morgan fingerprint density at radius 1 is 1.45 bits per heavy atom. The van der Waals surface area contributed by atoms with E-state index in [-0.39, 0.29) is 18.0 Å². The van der Waals surface area contributed by atoms with E-state index in [1.54, 1.807) is 0 Å². The van der Waals surface area contributed by atoms with Gasteiger partial charge in [-0.2, -0.15) is 0 Å². The lowest BCUT2D eigenvalue weighted by Crippen LogP contribution is -2.39. The number of carbonyl (C=O) groups excluding carboxylic acids is 1. The molecule has 5 atom stereocenters. The molecule has 0 unspecified atom stereocenters. The molecule has 2 rings (SSSR count). The molecule has 0 heterocycles. The van der Waals surface area contributed by atoms with E-state index in [1.807, 2.05) is 13.8 Å². The Morgan fingerprint density at radius 2 is 2.23 bits per heavy atom. The summed E-state index contributed by atoms with van der Waals surface area (Å²) in [6.07, 6.45) is 15.3. The Labute approximate surface area is 135 Å². The van der Waals surface area contributed by atoms with Crippen LogP contribution in [0.15, 0.2) is 36.0 Å². The van der Waals surface area contributed by atoms with E-state index in [9.17, 15) is 4.79 Å². The Bertz CT molecular complexity index is 472. The number of hydrogen-bond donors (Lipinski definition) is 0. The van der Waals surface area contributed by atoms with Crippen LogP contribution in [0.1, 0.15) is 53.4 Å². The lowest BCUT2D eigenvalue weighted by atomic mass is 9.68. The van der Waals surface area contributed by atoms with E-state index < -0.39 is 0 Å². The molecule has 0 amide bonds. The number of carbonyl (C=O) groups is 1. The highest BCUT2D eigenvalue weighted by atomic mass is 16.5. The predicted octanol–water partition coefficient (Wildman–Crippen LogP) is 5.07. The maximum atomic E-state index is 12.2. The van der Waals surface area contributed by atoms with Crippen LogP contribution in [0.5, 0.6) is 0 Å². The van der Waals surface area contributed by atoms with E-state index in [1.165, 1.54) is 5.57 Å². The SMILES string of the molecule is CC/C=C/[C@@H]1[C@@H]2C(=CCC[C@@H]2OC(=O)[C@@H](C)CC)C=C[C@@H]1C. The van der Waals surface area contributed by atoms with Crippen molar-refractivity contribution in [3.8, 4) is 0 Å². The van der Waals surface area contributed by atoms with Gasteiger partial charge in [-0.1, -0.05) is 58.1 Å². The zero-order chi connectivity index (χ0) is 16.1. The molecule has 0 saturated carbocycles. The molecule has 22 heavy (non-hydrogen) atoms. The predicted molar refractivity (Wildman–Crippen MR) is 91.4 cm³/mol. The van der Waals surface area contributed by atoms with Gasteiger partial charge in [-0.25, -0.2) is 0 Å². The van der Waals surface area contributed by atoms with E-state index in [4.69, 9.17) is 4.74 Å². The van der Waals surface area contributed by atoms with Crippen molar-refractivity contribution in [3.63, 3.8) is 0 Å². The van der Waals surface area contributed by atoms with Crippen LogP contribution in [0.3, 0.4) is 0 Å². The first-order valence-corrected chi connectivity index (χ1v) is 8.83. The highest BCUT2D eigenvalue weighted by molar-refractivity contribution is 5.72. The second-order valence-corrected chi connectivity index (χ2v) is 6.72. The fourth-order valence-electron chi connectivity index (χ4n) is 3.46. The molecule has 0 aromatic rings. The van der Waals surface area contributed by atoms with Crippen molar-refractivity contribution in [2.45, 2.75) is 59.5 Å². The highest BCUT2D eigenvalue weighted by Crippen LogP contribution is 2.42. The third kappa shape index (κ3) is 3.71. The largest absolute Gasteiger partial charge is 0.461 e. The van der Waals surface area contributed by atoms with Crippen molar-refractivity contribution in [1.29, 1.82) is 0 Å². The Kier molecular flexibility index (Phi) is 6.05. The summed E-state index contributed by atoms with van der Waals surface area (Å²) in [5, 5.41) is 0. The lowest BCUT2D eigenvalue weighted by Gasteiger charge is -2.40. The second kappa shape index (κ2) is 7.80. The van der Waals surface area contributed by atoms with Crippen LogP contribution in [0.2, 0.25) is 0 Å². The topological polar surface area (TPSA) is 26.3 Å². The third-order valence-corrected chi connectivity index (χ3v) is 5.11. The number of fused-ring (bicyclic) bond motifs is 1. The van der Waals surface area contributed by atoms with E-state index in [0.29, 0.717) is 17.8 Å². The number of ether oxygens (including phenoxy) is 1. The minimum absolute atomic E-state index is 0.00412. The minimum Gasteiger partial charge on any atom is -0.461 e. The van der Waals surface area contributed by atoms with Crippen LogP contribution in [0.4, 0.5) is 0 Å². The average molecular weight is 302 g/mol. The lowest BCUT2D eigenvalue weighted by molar-refractivity contribution is -0.157. The summed E-state index contributed by atoms with van der Waals surface area (Å²) in [6.45, 7) is 8.42. The summed E-state index contributed by atoms with van der Waals surface area (Å²) in [7, 11) is 0. The molecule has 2 aliphatic carbocycles. The molecule has 0 aromatic carbocycles. The molecular formula is C20H30O2. The fraction of sp³-hybridized carbons (Fsp3) is 0.650. The molecule has 2 nitrogen and oxygen atoms in total. The van der Waals surface area contributed by atoms with Gasteiger partial charge in [-0.15, -0.1) is 0 Å². The molecule has 0 aromatic heterocycles. The first kappa shape index (κ1) is 17.1. The van der Waals surface area contributed by atoms with Gasteiger partial charge >= 0.3 is 5.97 Å². The van der Waals surface area contributed by atoms with Gasteiger partial charge in [-0.3, -0.25) is 4.79 Å². The molecular weight excluding hydrogens is 272 g/mol.